The van der Waals surface area contributed by atoms with E-state index in [1.165, 1.54) is 6.42 Å². The molecule has 0 spiro atoms. The summed E-state index contributed by atoms with van der Waals surface area (Å²) in [4.78, 5) is 16.0. The first-order chi connectivity index (χ1) is 16.6. The van der Waals surface area contributed by atoms with Crippen molar-refractivity contribution in [2.24, 2.45) is 11.0 Å². The summed E-state index contributed by atoms with van der Waals surface area (Å²) in [6.45, 7) is 6.80. The maximum atomic E-state index is 5.81. The fourth-order valence-electron chi connectivity index (χ4n) is 3.49. The Kier molecular flexibility index (Phi) is 8.30. The van der Waals surface area contributed by atoms with E-state index in [2.05, 4.69) is 65.5 Å². The Bertz CT molecular complexity index is 1100. The number of aromatic nitrogens is 3. The standard InChI is InChI=1S/C25H30BrN7O/c1-18(2)17-34-22-12-11-19(15-21(22)26)16-27-32-24-29-23(28-20-9-5-3-6-10-20)30-25(31-24)33-13-7-4-8-14-33/h3,5-6,9-12,15-16,18H,4,7-8,13-14,17H2,1-2H3,(H2,28,29,30,31,32)/b27-16-. The van der Waals surface area contributed by atoms with Gasteiger partial charge in [-0.1, -0.05) is 32.0 Å². The van der Waals surface area contributed by atoms with E-state index in [0.29, 0.717) is 30.4 Å². The zero-order valence-electron chi connectivity index (χ0n) is 19.5. The van der Waals surface area contributed by atoms with Crippen molar-refractivity contribution in [1.29, 1.82) is 0 Å². The first-order valence-corrected chi connectivity index (χ1v) is 12.4. The number of hydrogen-bond donors (Lipinski definition) is 2. The second-order valence-corrected chi connectivity index (χ2v) is 9.44. The van der Waals surface area contributed by atoms with Gasteiger partial charge in [-0.05, 0) is 77.0 Å². The number of anilines is 4. The fraction of sp³-hybridized carbons (Fsp3) is 0.360. The lowest BCUT2D eigenvalue weighted by atomic mass is 10.1. The Balaban J connectivity index is 1.49. The zero-order valence-corrected chi connectivity index (χ0v) is 21.1. The van der Waals surface area contributed by atoms with Gasteiger partial charge in [-0.25, -0.2) is 5.43 Å². The highest BCUT2D eigenvalue weighted by Gasteiger charge is 2.16. The molecule has 1 aromatic heterocycles. The molecule has 0 amide bonds. The summed E-state index contributed by atoms with van der Waals surface area (Å²) in [5.41, 5.74) is 4.80. The van der Waals surface area contributed by atoms with E-state index in [4.69, 9.17) is 4.74 Å². The van der Waals surface area contributed by atoms with Crippen LogP contribution in [0.25, 0.3) is 0 Å². The van der Waals surface area contributed by atoms with Crippen LogP contribution in [0, 0.1) is 5.92 Å². The van der Waals surface area contributed by atoms with Gasteiger partial charge < -0.3 is 15.0 Å². The van der Waals surface area contributed by atoms with Crippen LogP contribution in [0.15, 0.2) is 58.1 Å². The predicted octanol–water partition coefficient (Wildman–Crippen LogP) is 5.85. The monoisotopic (exact) mass is 523 g/mol. The fourth-order valence-corrected chi connectivity index (χ4v) is 4.00. The molecular formula is C25H30BrN7O. The number of nitrogens with zero attached hydrogens (tertiary/aromatic N) is 5. The Morgan fingerprint density at radius 2 is 1.79 bits per heavy atom. The Morgan fingerprint density at radius 3 is 2.53 bits per heavy atom. The van der Waals surface area contributed by atoms with Crippen LogP contribution >= 0.6 is 15.9 Å². The third-order valence-electron chi connectivity index (χ3n) is 5.20. The normalized spacial score (nSPS) is 13.9. The number of benzene rings is 2. The number of rotatable bonds is 9. The van der Waals surface area contributed by atoms with Crippen molar-refractivity contribution in [3.05, 3.63) is 58.6 Å². The lowest BCUT2D eigenvalue weighted by molar-refractivity contribution is 0.269. The number of halogens is 1. The van der Waals surface area contributed by atoms with Gasteiger partial charge in [0.25, 0.3) is 0 Å². The lowest BCUT2D eigenvalue weighted by Crippen LogP contribution is -2.31. The lowest BCUT2D eigenvalue weighted by Gasteiger charge is -2.26. The third-order valence-corrected chi connectivity index (χ3v) is 5.82. The quantitative estimate of drug-likeness (QED) is 0.268. The molecule has 0 aliphatic carbocycles. The SMILES string of the molecule is CC(C)COc1ccc(/C=N\Nc2nc(Nc3ccccc3)nc(N3CCCCC3)n2)cc1Br. The first-order valence-electron chi connectivity index (χ1n) is 11.6. The Morgan fingerprint density at radius 1 is 1.03 bits per heavy atom. The molecule has 0 bridgehead atoms. The van der Waals surface area contributed by atoms with E-state index in [0.717, 1.165) is 47.4 Å². The van der Waals surface area contributed by atoms with Crippen LogP contribution in [-0.2, 0) is 0 Å². The van der Waals surface area contributed by atoms with Gasteiger partial charge in [0.2, 0.25) is 17.8 Å². The van der Waals surface area contributed by atoms with E-state index >= 15 is 0 Å². The van der Waals surface area contributed by atoms with Crippen LogP contribution in [0.5, 0.6) is 5.75 Å². The summed E-state index contributed by atoms with van der Waals surface area (Å²) in [5.74, 6) is 2.81. The van der Waals surface area contributed by atoms with Crippen LogP contribution in [0.1, 0.15) is 38.7 Å². The molecule has 8 nitrogen and oxygen atoms in total. The second-order valence-electron chi connectivity index (χ2n) is 8.59. The van der Waals surface area contributed by atoms with Gasteiger partial charge in [0.1, 0.15) is 5.75 Å². The minimum absolute atomic E-state index is 0.390. The summed E-state index contributed by atoms with van der Waals surface area (Å²) in [6, 6.07) is 15.7. The van der Waals surface area contributed by atoms with Gasteiger partial charge >= 0.3 is 0 Å². The molecule has 0 saturated carbocycles. The van der Waals surface area contributed by atoms with Crippen molar-refractivity contribution < 1.29 is 4.74 Å². The zero-order chi connectivity index (χ0) is 23.8. The van der Waals surface area contributed by atoms with Crippen molar-refractivity contribution in [3.63, 3.8) is 0 Å². The number of piperidine rings is 1. The molecule has 1 aliphatic rings. The highest BCUT2D eigenvalue weighted by atomic mass is 79.9. The number of nitrogens with one attached hydrogen (secondary N) is 2. The smallest absolute Gasteiger partial charge is 0.250 e. The van der Waals surface area contributed by atoms with Crippen LogP contribution in [0.3, 0.4) is 0 Å². The van der Waals surface area contributed by atoms with E-state index < -0.39 is 0 Å². The van der Waals surface area contributed by atoms with Crippen molar-refractivity contribution in [2.75, 3.05) is 35.3 Å². The minimum atomic E-state index is 0.390. The molecule has 2 heterocycles. The molecule has 1 aliphatic heterocycles. The van der Waals surface area contributed by atoms with Crippen LogP contribution in [-0.4, -0.2) is 40.9 Å². The van der Waals surface area contributed by atoms with Crippen LogP contribution < -0.4 is 20.4 Å². The average Bonchev–Trinajstić information content (AvgIpc) is 2.84. The Hall–Kier alpha value is -3.20. The van der Waals surface area contributed by atoms with Crippen molar-refractivity contribution >= 4 is 45.7 Å². The highest BCUT2D eigenvalue weighted by molar-refractivity contribution is 9.10. The van der Waals surface area contributed by atoms with Gasteiger partial charge in [0.15, 0.2) is 0 Å². The topological polar surface area (TPSA) is 87.6 Å². The number of hydrazone groups is 1. The number of ether oxygens (including phenoxy) is 1. The molecule has 34 heavy (non-hydrogen) atoms. The van der Waals surface area contributed by atoms with E-state index in [9.17, 15) is 0 Å². The summed E-state index contributed by atoms with van der Waals surface area (Å²) in [7, 11) is 0. The van der Waals surface area contributed by atoms with Crippen LogP contribution in [0.2, 0.25) is 0 Å². The van der Waals surface area contributed by atoms with Crippen molar-refractivity contribution in [3.8, 4) is 5.75 Å². The molecule has 1 fully saturated rings. The van der Waals surface area contributed by atoms with Crippen molar-refractivity contribution in [1.82, 2.24) is 15.0 Å². The average molecular weight is 524 g/mol. The molecule has 0 unspecified atom stereocenters. The second kappa shape index (κ2) is 11.8. The predicted molar refractivity (Wildman–Crippen MR) is 141 cm³/mol. The molecule has 0 radical (unpaired) electrons. The van der Waals surface area contributed by atoms with Gasteiger partial charge in [-0.3, -0.25) is 0 Å². The molecular weight excluding hydrogens is 494 g/mol. The summed E-state index contributed by atoms with van der Waals surface area (Å²) in [6.07, 6.45) is 5.24. The first kappa shape index (κ1) is 23.9. The van der Waals surface area contributed by atoms with Gasteiger partial charge in [-0.15, -0.1) is 0 Å². The van der Waals surface area contributed by atoms with E-state index in [1.807, 2.05) is 48.5 Å². The van der Waals surface area contributed by atoms with E-state index in [-0.39, 0.29) is 0 Å². The molecule has 9 heteroatoms. The Labute approximate surface area is 209 Å². The molecule has 2 aromatic carbocycles. The van der Waals surface area contributed by atoms with Gasteiger partial charge in [-0.2, -0.15) is 20.1 Å². The molecule has 0 atom stereocenters. The molecule has 178 valence electrons. The highest BCUT2D eigenvalue weighted by Crippen LogP contribution is 2.26. The maximum Gasteiger partial charge on any atom is 0.250 e. The number of hydrogen-bond acceptors (Lipinski definition) is 8. The summed E-state index contributed by atoms with van der Waals surface area (Å²) in [5, 5.41) is 7.62. The summed E-state index contributed by atoms with van der Waals surface area (Å²) >= 11 is 3.57. The van der Waals surface area contributed by atoms with E-state index in [1.54, 1.807) is 6.21 Å². The minimum Gasteiger partial charge on any atom is -0.492 e. The number of para-hydroxylation sites is 1. The largest absolute Gasteiger partial charge is 0.492 e. The molecule has 2 N–H and O–H groups in total. The molecule has 1 saturated heterocycles. The van der Waals surface area contributed by atoms with Gasteiger partial charge in [0, 0.05) is 18.8 Å². The third kappa shape index (κ3) is 6.90. The van der Waals surface area contributed by atoms with Gasteiger partial charge in [0.05, 0.1) is 17.3 Å². The summed E-state index contributed by atoms with van der Waals surface area (Å²) < 4.78 is 6.70. The van der Waals surface area contributed by atoms with Crippen LogP contribution in [0.4, 0.5) is 23.5 Å². The molecule has 4 rings (SSSR count). The maximum absolute atomic E-state index is 5.81. The van der Waals surface area contributed by atoms with Crippen molar-refractivity contribution in [2.45, 2.75) is 33.1 Å². The molecule has 3 aromatic rings.